The number of fused-ring (bicyclic) bond motifs is 1. The van der Waals surface area contributed by atoms with Gasteiger partial charge >= 0.3 is 25.2 Å². The van der Waals surface area contributed by atoms with Gasteiger partial charge < -0.3 is 24.5 Å². The standard InChI is InChI=1S/C19H20BF3N2O7/c1-11(9-24-2)17(27)30-10-31-18(28)13-5-3-4-12-8-14(20(29)32-16(12)13)25-15(26)6-7-19(21,22)23/h3-5,9,14,29H,1,6-8,10H2,2H3,(H,25,26)/b24-9-/t14-/m0/s1. The number of halogens is 3. The Balaban J connectivity index is 1.99. The fourth-order valence-electron chi connectivity index (χ4n) is 2.76. The first kappa shape index (κ1) is 24.9. The molecule has 2 rings (SSSR count). The minimum atomic E-state index is -4.48. The Kier molecular flexibility index (Phi) is 8.41. The molecule has 1 aromatic rings. The minimum absolute atomic E-state index is 0.000536. The van der Waals surface area contributed by atoms with Crippen molar-refractivity contribution >= 4 is 31.2 Å². The van der Waals surface area contributed by atoms with Gasteiger partial charge in [0.15, 0.2) is 0 Å². The van der Waals surface area contributed by atoms with E-state index in [1.165, 1.54) is 25.4 Å². The molecule has 32 heavy (non-hydrogen) atoms. The van der Waals surface area contributed by atoms with Crippen LogP contribution in [0.25, 0.3) is 0 Å². The molecular formula is C19H20BF3N2O7. The van der Waals surface area contributed by atoms with Crippen LogP contribution in [0.2, 0.25) is 0 Å². The van der Waals surface area contributed by atoms with Crippen molar-refractivity contribution < 1.29 is 46.7 Å². The number of carbonyl (C=O) groups excluding carboxylic acids is 3. The Hall–Kier alpha value is -3.35. The molecule has 13 heteroatoms. The summed E-state index contributed by atoms with van der Waals surface area (Å²) in [5.74, 6) is -3.68. The maximum atomic E-state index is 12.3. The van der Waals surface area contributed by atoms with Gasteiger partial charge in [-0.3, -0.25) is 9.79 Å². The molecule has 0 bridgehead atoms. The number of amides is 1. The molecule has 0 unspecified atom stereocenters. The first-order chi connectivity index (χ1) is 15.0. The SMILES string of the molecule is C=C(/C=N\C)C(=O)OCOC(=O)c1cccc2c1OB(O)[C@@H](NC(=O)CCC(F)(F)F)C2. The number of benzene rings is 1. The zero-order chi connectivity index (χ0) is 23.9. The number of para-hydroxylation sites is 1. The van der Waals surface area contributed by atoms with Crippen molar-refractivity contribution in [1.82, 2.24) is 5.32 Å². The smallest absolute Gasteiger partial charge is 0.534 e. The van der Waals surface area contributed by atoms with E-state index in [2.05, 4.69) is 16.9 Å². The van der Waals surface area contributed by atoms with E-state index in [1.54, 1.807) is 6.07 Å². The fraction of sp³-hybridized carbons (Fsp3) is 0.368. The number of rotatable bonds is 8. The summed E-state index contributed by atoms with van der Waals surface area (Å²) in [7, 11) is -0.176. The van der Waals surface area contributed by atoms with Gasteiger partial charge in [0.2, 0.25) is 12.7 Å². The highest BCUT2D eigenvalue weighted by Gasteiger charge is 2.38. The number of nitrogens with zero attached hydrogens (tertiary/aromatic N) is 1. The lowest BCUT2D eigenvalue weighted by molar-refractivity contribution is -0.146. The molecule has 0 aromatic heterocycles. The van der Waals surface area contributed by atoms with E-state index in [4.69, 9.17) is 14.1 Å². The molecule has 0 aliphatic carbocycles. The van der Waals surface area contributed by atoms with E-state index in [1.807, 2.05) is 0 Å². The zero-order valence-electron chi connectivity index (χ0n) is 17.0. The third-order valence-electron chi connectivity index (χ3n) is 4.25. The van der Waals surface area contributed by atoms with E-state index in [9.17, 15) is 32.6 Å². The number of hydrogen-bond donors (Lipinski definition) is 2. The van der Waals surface area contributed by atoms with Crippen molar-refractivity contribution in [1.29, 1.82) is 0 Å². The second-order valence-electron chi connectivity index (χ2n) is 6.69. The summed E-state index contributed by atoms with van der Waals surface area (Å²) >= 11 is 0. The van der Waals surface area contributed by atoms with Gasteiger partial charge in [0, 0.05) is 19.7 Å². The predicted molar refractivity (Wildman–Crippen MR) is 106 cm³/mol. The van der Waals surface area contributed by atoms with Gasteiger partial charge in [-0.15, -0.1) is 0 Å². The lowest BCUT2D eigenvalue weighted by atomic mass is 9.72. The third kappa shape index (κ3) is 7.12. The van der Waals surface area contributed by atoms with E-state index in [-0.39, 0.29) is 23.3 Å². The maximum Gasteiger partial charge on any atom is 0.547 e. The number of aliphatic imine (C=N–C) groups is 1. The van der Waals surface area contributed by atoms with Crippen molar-refractivity contribution in [3.8, 4) is 5.75 Å². The summed E-state index contributed by atoms with van der Waals surface area (Å²) in [5, 5.41) is 12.4. The van der Waals surface area contributed by atoms with Crippen LogP contribution in [0.15, 0.2) is 35.3 Å². The van der Waals surface area contributed by atoms with Crippen LogP contribution in [0.1, 0.15) is 28.8 Å². The van der Waals surface area contributed by atoms with E-state index in [0.29, 0.717) is 5.56 Å². The fourth-order valence-corrected chi connectivity index (χ4v) is 2.76. The Morgan fingerprint density at radius 3 is 2.75 bits per heavy atom. The average molecular weight is 456 g/mol. The molecule has 1 atom stereocenters. The highest BCUT2D eigenvalue weighted by Crippen LogP contribution is 2.31. The molecule has 1 heterocycles. The van der Waals surface area contributed by atoms with Crippen molar-refractivity contribution in [2.24, 2.45) is 4.99 Å². The monoisotopic (exact) mass is 456 g/mol. The molecule has 0 saturated carbocycles. The van der Waals surface area contributed by atoms with Crippen molar-refractivity contribution in [2.45, 2.75) is 31.4 Å². The van der Waals surface area contributed by atoms with Gasteiger partial charge in [-0.1, -0.05) is 18.7 Å². The van der Waals surface area contributed by atoms with Crippen molar-refractivity contribution in [3.63, 3.8) is 0 Å². The quantitative estimate of drug-likeness (QED) is 0.199. The van der Waals surface area contributed by atoms with E-state index < -0.39 is 56.7 Å². The van der Waals surface area contributed by atoms with Crippen LogP contribution >= 0.6 is 0 Å². The predicted octanol–water partition coefficient (Wildman–Crippen LogP) is 1.38. The number of carbonyl (C=O) groups is 3. The van der Waals surface area contributed by atoms with Gasteiger partial charge in [0.1, 0.15) is 11.3 Å². The second kappa shape index (κ2) is 10.8. The van der Waals surface area contributed by atoms with Crippen LogP contribution in [0.4, 0.5) is 13.2 Å². The van der Waals surface area contributed by atoms with Crippen LogP contribution in [-0.4, -0.2) is 62.2 Å². The van der Waals surface area contributed by atoms with Gasteiger partial charge in [0.25, 0.3) is 0 Å². The van der Waals surface area contributed by atoms with Crippen LogP contribution in [0.3, 0.4) is 0 Å². The summed E-state index contributed by atoms with van der Waals surface area (Å²) in [6.45, 7) is 2.71. The molecule has 0 radical (unpaired) electrons. The number of hydrogen-bond acceptors (Lipinski definition) is 8. The number of nitrogens with one attached hydrogen (secondary N) is 1. The van der Waals surface area contributed by atoms with Crippen molar-refractivity contribution in [3.05, 3.63) is 41.5 Å². The van der Waals surface area contributed by atoms with Crippen LogP contribution < -0.4 is 9.97 Å². The molecule has 1 aliphatic rings. The van der Waals surface area contributed by atoms with E-state index in [0.717, 1.165) is 0 Å². The normalized spacial score (nSPS) is 15.5. The van der Waals surface area contributed by atoms with Crippen LogP contribution in [0, 0.1) is 0 Å². The minimum Gasteiger partial charge on any atom is -0.534 e. The Labute approximate surface area is 181 Å². The Morgan fingerprint density at radius 2 is 2.09 bits per heavy atom. The third-order valence-corrected chi connectivity index (χ3v) is 4.25. The van der Waals surface area contributed by atoms with Crippen LogP contribution in [-0.2, 0) is 25.5 Å². The topological polar surface area (TPSA) is 124 Å². The molecule has 1 aliphatic heterocycles. The zero-order valence-corrected chi connectivity index (χ0v) is 17.0. The number of alkyl halides is 3. The first-order valence-corrected chi connectivity index (χ1v) is 9.30. The summed E-state index contributed by atoms with van der Waals surface area (Å²) in [4.78, 5) is 39.3. The number of esters is 2. The Bertz CT molecular complexity index is 921. The summed E-state index contributed by atoms with van der Waals surface area (Å²) in [5.41, 5.74) is 0.291. The lowest BCUT2D eigenvalue weighted by Gasteiger charge is -2.29. The summed E-state index contributed by atoms with van der Waals surface area (Å²) < 4.78 is 51.7. The average Bonchev–Trinajstić information content (AvgIpc) is 2.72. The molecule has 9 nitrogen and oxygen atoms in total. The second-order valence-corrected chi connectivity index (χ2v) is 6.69. The molecule has 2 N–H and O–H groups in total. The highest BCUT2D eigenvalue weighted by atomic mass is 19.4. The molecular weight excluding hydrogens is 436 g/mol. The molecule has 0 saturated heterocycles. The van der Waals surface area contributed by atoms with Gasteiger partial charge in [-0.2, -0.15) is 13.2 Å². The van der Waals surface area contributed by atoms with Crippen molar-refractivity contribution in [2.75, 3.05) is 13.8 Å². The molecule has 1 amide bonds. The highest BCUT2D eigenvalue weighted by molar-refractivity contribution is 6.47. The molecule has 0 fully saturated rings. The van der Waals surface area contributed by atoms with E-state index >= 15 is 0 Å². The summed E-state index contributed by atoms with van der Waals surface area (Å²) in [6.07, 6.45) is -5.39. The lowest BCUT2D eigenvalue weighted by Crippen LogP contribution is -2.53. The van der Waals surface area contributed by atoms with Gasteiger partial charge in [-0.05, 0) is 18.1 Å². The molecule has 172 valence electrons. The maximum absolute atomic E-state index is 12.3. The summed E-state index contributed by atoms with van der Waals surface area (Å²) in [6, 6.07) is 4.40. The molecule has 0 spiro atoms. The van der Waals surface area contributed by atoms with Gasteiger partial charge in [0.05, 0.1) is 17.9 Å². The number of ether oxygens (including phenoxy) is 2. The van der Waals surface area contributed by atoms with Crippen LogP contribution in [0.5, 0.6) is 5.75 Å². The van der Waals surface area contributed by atoms with Gasteiger partial charge in [-0.25, -0.2) is 9.59 Å². The first-order valence-electron chi connectivity index (χ1n) is 9.30. The molecule has 1 aromatic carbocycles. The Morgan fingerprint density at radius 1 is 1.38 bits per heavy atom. The largest absolute Gasteiger partial charge is 0.547 e.